The Bertz CT molecular complexity index is 618. The SMILES string of the molecule is COCCC1(C(N)=O)CCCN(C(=O)Nc2cc(C)ccc2C)C1. The molecular formula is C18H27N3O3. The molecule has 1 aromatic rings. The number of rotatable bonds is 5. The summed E-state index contributed by atoms with van der Waals surface area (Å²) >= 11 is 0. The number of urea groups is 1. The van der Waals surface area contributed by atoms with Gasteiger partial charge in [0.05, 0.1) is 5.41 Å². The van der Waals surface area contributed by atoms with Crippen molar-refractivity contribution >= 4 is 17.6 Å². The van der Waals surface area contributed by atoms with E-state index in [2.05, 4.69) is 5.32 Å². The zero-order valence-electron chi connectivity index (χ0n) is 14.7. The number of benzene rings is 1. The number of piperidine rings is 1. The highest BCUT2D eigenvalue weighted by Crippen LogP contribution is 2.33. The van der Waals surface area contributed by atoms with Crippen LogP contribution in [0.1, 0.15) is 30.4 Å². The van der Waals surface area contributed by atoms with Crippen molar-refractivity contribution in [1.82, 2.24) is 4.90 Å². The summed E-state index contributed by atoms with van der Waals surface area (Å²) in [6, 6.07) is 5.75. The molecule has 1 saturated heterocycles. The summed E-state index contributed by atoms with van der Waals surface area (Å²) in [4.78, 5) is 26.3. The lowest BCUT2D eigenvalue weighted by atomic mass is 9.76. The van der Waals surface area contributed by atoms with Gasteiger partial charge >= 0.3 is 6.03 Å². The van der Waals surface area contributed by atoms with Gasteiger partial charge in [0.15, 0.2) is 0 Å². The lowest BCUT2D eigenvalue weighted by Crippen LogP contribution is -2.53. The van der Waals surface area contributed by atoms with E-state index in [0.29, 0.717) is 32.5 Å². The highest BCUT2D eigenvalue weighted by molar-refractivity contribution is 5.91. The van der Waals surface area contributed by atoms with Crippen LogP contribution in [0.2, 0.25) is 0 Å². The molecule has 1 heterocycles. The van der Waals surface area contributed by atoms with E-state index in [9.17, 15) is 9.59 Å². The third-order valence-corrected chi connectivity index (χ3v) is 4.81. The second-order valence-corrected chi connectivity index (χ2v) is 6.66. The van der Waals surface area contributed by atoms with E-state index in [1.54, 1.807) is 12.0 Å². The van der Waals surface area contributed by atoms with E-state index in [-0.39, 0.29) is 11.9 Å². The standard InChI is InChI=1S/C18H27N3O3/c1-13-5-6-14(2)15(11-13)20-17(23)21-9-4-7-18(12-21,16(19)22)8-10-24-3/h5-6,11H,4,7-10,12H2,1-3H3,(H2,19,22)(H,20,23). The van der Waals surface area contributed by atoms with Crippen LogP contribution in [-0.4, -0.2) is 43.6 Å². The van der Waals surface area contributed by atoms with Crippen LogP contribution in [0.5, 0.6) is 0 Å². The summed E-state index contributed by atoms with van der Waals surface area (Å²) in [6.45, 7) is 5.35. The Morgan fingerprint density at radius 2 is 2.12 bits per heavy atom. The molecular weight excluding hydrogens is 306 g/mol. The van der Waals surface area contributed by atoms with Crippen LogP contribution in [0.3, 0.4) is 0 Å². The number of nitrogens with one attached hydrogen (secondary N) is 1. The van der Waals surface area contributed by atoms with Crippen molar-refractivity contribution in [3.8, 4) is 0 Å². The molecule has 1 atom stereocenters. The van der Waals surface area contributed by atoms with Crippen molar-refractivity contribution in [2.24, 2.45) is 11.1 Å². The number of carbonyl (C=O) groups is 2. The van der Waals surface area contributed by atoms with Gasteiger partial charge in [-0.3, -0.25) is 4.79 Å². The molecule has 0 spiro atoms. The van der Waals surface area contributed by atoms with E-state index in [1.165, 1.54) is 0 Å². The van der Waals surface area contributed by atoms with Crippen molar-refractivity contribution in [2.45, 2.75) is 33.1 Å². The van der Waals surface area contributed by atoms with Gasteiger partial charge < -0.3 is 20.7 Å². The molecule has 1 unspecified atom stereocenters. The average molecular weight is 333 g/mol. The minimum Gasteiger partial charge on any atom is -0.385 e. The molecule has 1 aliphatic rings. The first kappa shape index (κ1) is 18.3. The van der Waals surface area contributed by atoms with Crippen LogP contribution in [0.25, 0.3) is 0 Å². The Kier molecular flexibility index (Phi) is 5.83. The van der Waals surface area contributed by atoms with Crippen LogP contribution in [0.4, 0.5) is 10.5 Å². The molecule has 1 aliphatic heterocycles. The number of ether oxygens (including phenoxy) is 1. The summed E-state index contributed by atoms with van der Waals surface area (Å²) in [7, 11) is 1.60. The average Bonchev–Trinajstić information content (AvgIpc) is 2.56. The van der Waals surface area contributed by atoms with Crippen LogP contribution >= 0.6 is 0 Å². The maximum atomic E-state index is 12.6. The predicted molar refractivity (Wildman–Crippen MR) is 93.9 cm³/mol. The summed E-state index contributed by atoms with van der Waals surface area (Å²) in [5.41, 5.74) is 7.84. The Labute approximate surface area is 143 Å². The molecule has 0 aliphatic carbocycles. The first-order valence-corrected chi connectivity index (χ1v) is 8.30. The quantitative estimate of drug-likeness (QED) is 0.868. The summed E-state index contributed by atoms with van der Waals surface area (Å²) in [6.07, 6.45) is 1.98. The monoisotopic (exact) mass is 333 g/mol. The highest BCUT2D eigenvalue weighted by atomic mass is 16.5. The highest BCUT2D eigenvalue weighted by Gasteiger charge is 2.41. The number of nitrogens with two attached hydrogens (primary N) is 1. The van der Waals surface area contributed by atoms with Gasteiger partial charge in [-0.25, -0.2) is 4.79 Å². The number of aryl methyl sites for hydroxylation is 2. The zero-order valence-corrected chi connectivity index (χ0v) is 14.7. The number of carbonyl (C=O) groups excluding carboxylic acids is 2. The van der Waals surface area contributed by atoms with Crippen LogP contribution < -0.4 is 11.1 Å². The van der Waals surface area contributed by atoms with Crippen LogP contribution in [-0.2, 0) is 9.53 Å². The molecule has 0 bridgehead atoms. The van der Waals surface area contributed by atoms with E-state index >= 15 is 0 Å². The maximum Gasteiger partial charge on any atom is 0.321 e. The molecule has 0 aromatic heterocycles. The molecule has 2 rings (SSSR count). The number of amides is 3. The van der Waals surface area contributed by atoms with Gasteiger partial charge in [0.1, 0.15) is 0 Å². The van der Waals surface area contributed by atoms with Crippen molar-refractivity contribution in [3.63, 3.8) is 0 Å². The van der Waals surface area contributed by atoms with Gasteiger partial charge in [0.2, 0.25) is 5.91 Å². The van der Waals surface area contributed by atoms with Crippen molar-refractivity contribution in [1.29, 1.82) is 0 Å². The molecule has 24 heavy (non-hydrogen) atoms. The minimum absolute atomic E-state index is 0.188. The van der Waals surface area contributed by atoms with E-state index < -0.39 is 5.41 Å². The van der Waals surface area contributed by atoms with Gasteiger partial charge in [-0.15, -0.1) is 0 Å². The number of anilines is 1. The van der Waals surface area contributed by atoms with Gasteiger partial charge in [0, 0.05) is 32.5 Å². The normalized spacial score (nSPS) is 20.7. The van der Waals surface area contributed by atoms with E-state index in [1.807, 2.05) is 32.0 Å². The first-order chi connectivity index (χ1) is 11.4. The van der Waals surface area contributed by atoms with Gasteiger partial charge in [-0.2, -0.15) is 0 Å². The fourth-order valence-electron chi connectivity index (χ4n) is 3.20. The number of hydrogen-bond acceptors (Lipinski definition) is 3. The lowest BCUT2D eigenvalue weighted by Gasteiger charge is -2.40. The van der Waals surface area contributed by atoms with E-state index in [0.717, 1.165) is 23.2 Å². The lowest BCUT2D eigenvalue weighted by molar-refractivity contribution is -0.131. The molecule has 3 N–H and O–H groups in total. The Balaban J connectivity index is 2.11. The number of likely N-dealkylation sites (tertiary alicyclic amines) is 1. The fourth-order valence-corrected chi connectivity index (χ4v) is 3.20. The molecule has 0 saturated carbocycles. The first-order valence-electron chi connectivity index (χ1n) is 8.30. The molecule has 1 fully saturated rings. The largest absolute Gasteiger partial charge is 0.385 e. The summed E-state index contributed by atoms with van der Waals surface area (Å²) in [5.74, 6) is -0.358. The smallest absolute Gasteiger partial charge is 0.321 e. The third kappa shape index (κ3) is 4.06. The van der Waals surface area contributed by atoms with Gasteiger partial charge in [-0.1, -0.05) is 12.1 Å². The Hall–Kier alpha value is -2.08. The molecule has 3 amide bonds. The van der Waals surface area contributed by atoms with Crippen molar-refractivity contribution < 1.29 is 14.3 Å². The second kappa shape index (κ2) is 7.66. The van der Waals surface area contributed by atoms with Crippen LogP contribution in [0.15, 0.2) is 18.2 Å². The minimum atomic E-state index is -0.701. The summed E-state index contributed by atoms with van der Waals surface area (Å²) in [5, 5.41) is 2.96. The molecule has 6 heteroatoms. The molecule has 132 valence electrons. The fraction of sp³-hybridized carbons (Fsp3) is 0.556. The van der Waals surface area contributed by atoms with Gasteiger partial charge in [-0.05, 0) is 50.3 Å². The van der Waals surface area contributed by atoms with E-state index in [4.69, 9.17) is 10.5 Å². The third-order valence-electron chi connectivity index (χ3n) is 4.81. The number of nitrogens with zero attached hydrogens (tertiary/aromatic N) is 1. The zero-order chi connectivity index (χ0) is 17.7. The molecule has 6 nitrogen and oxygen atoms in total. The maximum absolute atomic E-state index is 12.6. The van der Waals surface area contributed by atoms with Gasteiger partial charge in [0.25, 0.3) is 0 Å². The molecule has 0 radical (unpaired) electrons. The predicted octanol–water partition coefficient (Wildman–Crippen LogP) is 2.44. The molecule has 1 aromatic carbocycles. The van der Waals surface area contributed by atoms with Crippen LogP contribution in [0, 0.1) is 19.3 Å². The Morgan fingerprint density at radius 3 is 2.79 bits per heavy atom. The number of methoxy groups -OCH3 is 1. The second-order valence-electron chi connectivity index (χ2n) is 6.66. The summed E-state index contributed by atoms with van der Waals surface area (Å²) < 4.78 is 5.11. The topological polar surface area (TPSA) is 84.7 Å². The number of primary amides is 1. The Morgan fingerprint density at radius 1 is 1.38 bits per heavy atom. The van der Waals surface area contributed by atoms with Crippen molar-refractivity contribution in [2.75, 3.05) is 32.1 Å². The van der Waals surface area contributed by atoms with Crippen molar-refractivity contribution in [3.05, 3.63) is 29.3 Å². The number of hydrogen-bond donors (Lipinski definition) is 2.